The minimum atomic E-state index is -0.335. The Kier molecular flexibility index (Phi) is 5.80. The highest BCUT2D eigenvalue weighted by atomic mass is 19.1. The Labute approximate surface area is 169 Å². The number of halogens is 1. The van der Waals surface area contributed by atoms with Crippen molar-refractivity contribution in [3.05, 3.63) is 41.8 Å². The molecule has 2 fully saturated rings. The molecule has 1 saturated heterocycles. The molecule has 0 atom stereocenters. The number of rotatable bonds is 8. The lowest BCUT2D eigenvalue weighted by molar-refractivity contribution is -0.135. The Bertz CT molecular complexity index is 827. The van der Waals surface area contributed by atoms with Crippen molar-refractivity contribution in [1.29, 1.82) is 0 Å². The molecule has 1 saturated carbocycles. The average Bonchev–Trinajstić information content (AvgIpc) is 3.48. The van der Waals surface area contributed by atoms with Crippen LogP contribution in [0.3, 0.4) is 0 Å². The molecule has 0 unspecified atom stereocenters. The van der Waals surface area contributed by atoms with Gasteiger partial charge in [0, 0.05) is 38.1 Å². The van der Waals surface area contributed by atoms with Crippen molar-refractivity contribution in [2.45, 2.75) is 43.4 Å². The van der Waals surface area contributed by atoms with E-state index in [0.29, 0.717) is 31.4 Å². The monoisotopic (exact) mass is 403 g/mol. The Morgan fingerprint density at radius 1 is 1.28 bits per heavy atom. The van der Waals surface area contributed by atoms with Gasteiger partial charge in [-0.1, -0.05) is 5.16 Å². The van der Waals surface area contributed by atoms with Crippen molar-refractivity contribution < 1.29 is 23.2 Å². The number of amides is 1. The fourth-order valence-corrected chi connectivity index (χ4v) is 3.78. The molecule has 156 valence electrons. The maximum atomic E-state index is 13.0. The minimum Gasteiger partial charge on any atom is -0.484 e. The van der Waals surface area contributed by atoms with Crippen LogP contribution in [0.2, 0.25) is 0 Å². The molecular formula is C21H26FN3O4. The van der Waals surface area contributed by atoms with Gasteiger partial charge in [-0.25, -0.2) is 4.39 Å². The van der Waals surface area contributed by atoms with Crippen LogP contribution in [0.1, 0.15) is 49.7 Å². The Morgan fingerprint density at radius 2 is 2.00 bits per heavy atom. The Morgan fingerprint density at radius 3 is 2.66 bits per heavy atom. The van der Waals surface area contributed by atoms with Gasteiger partial charge in [-0.3, -0.25) is 4.79 Å². The number of methoxy groups -OCH3 is 1. The number of nitrogens with zero attached hydrogens (tertiary/aromatic N) is 3. The van der Waals surface area contributed by atoms with Crippen molar-refractivity contribution in [3.63, 3.8) is 0 Å². The lowest BCUT2D eigenvalue weighted by atomic mass is 9.75. The number of ether oxygens (including phenoxy) is 2. The number of carbonyl (C=O) groups is 1. The van der Waals surface area contributed by atoms with Crippen LogP contribution in [0, 0.1) is 5.82 Å². The summed E-state index contributed by atoms with van der Waals surface area (Å²) in [4.78, 5) is 19.0. The Balaban J connectivity index is 1.36. The van der Waals surface area contributed by atoms with Gasteiger partial charge in [-0.05, 0) is 56.4 Å². The quantitative estimate of drug-likeness (QED) is 0.674. The molecule has 0 radical (unpaired) electrons. The minimum absolute atomic E-state index is 0.0647. The number of piperidine rings is 1. The molecule has 0 bridgehead atoms. The van der Waals surface area contributed by atoms with Crippen LogP contribution < -0.4 is 4.74 Å². The van der Waals surface area contributed by atoms with E-state index in [4.69, 9.17) is 14.0 Å². The first-order valence-electron chi connectivity index (χ1n) is 10.1. The van der Waals surface area contributed by atoms with E-state index >= 15 is 0 Å². The summed E-state index contributed by atoms with van der Waals surface area (Å²) in [6.07, 6.45) is 4.53. The van der Waals surface area contributed by atoms with Crippen LogP contribution >= 0.6 is 0 Å². The summed E-state index contributed by atoms with van der Waals surface area (Å²) in [5.41, 5.74) is -0.235. The highest BCUT2D eigenvalue weighted by molar-refractivity contribution is 5.77. The molecule has 1 aromatic carbocycles. The zero-order valence-electron chi connectivity index (χ0n) is 16.6. The van der Waals surface area contributed by atoms with Crippen LogP contribution in [-0.2, 0) is 14.9 Å². The van der Waals surface area contributed by atoms with Crippen LogP contribution in [0.25, 0.3) is 0 Å². The molecule has 0 spiro atoms. The number of hydrogen-bond donors (Lipinski definition) is 0. The number of hydrogen-bond acceptors (Lipinski definition) is 6. The van der Waals surface area contributed by atoms with Crippen molar-refractivity contribution >= 4 is 5.91 Å². The van der Waals surface area contributed by atoms with Gasteiger partial charge in [0.1, 0.15) is 11.6 Å². The summed E-state index contributed by atoms with van der Waals surface area (Å²) in [5.74, 6) is 1.96. The van der Waals surface area contributed by atoms with Crippen molar-refractivity contribution in [1.82, 2.24) is 15.0 Å². The molecule has 2 heterocycles. The third-order valence-electron chi connectivity index (χ3n) is 5.88. The highest BCUT2D eigenvalue weighted by Gasteiger charge is 2.42. The molecule has 1 aliphatic carbocycles. The van der Waals surface area contributed by atoms with Crippen LogP contribution in [-0.4, -0.2) is 54.4 Å². The lowest BCUT2D eigenvalue weighted by Crippen LogP contribution is -2.47. The maximum Gasteiger partial charge on any atom is 0.260 e. The van der Waals surface area contributed by atoms with E-state index in [-0.39, 0.29) is 23.7 Å². The molecule has 1 aromatic heterocycles. The molecular weight excluding hydrogens is 377 g/mol. The fraction of sp³-hybridized carbons (Fsp3) is 0.571. The van der Waals surface area contributed by atoms with E-state index in [9.17, 15) is 9.18 Å². The summed E-state index contributed by atoms with van der Waals surface area (Å²) >= 11 is 0. The summed E-state index contributed by atoms with van der Waals surface area (Å²) in [6, 6.07) is 5.65. The van der Waals surface area contributed by atoms with Gasteiger partial charge in [0.25, 0.3) is 5.91 Å². The molecule has 29 heavy (non-hydrogen) atoms. The number of carbonyl (C=O) groups excluding carboxylic acids is 1. The molecule has 8 heteroatoms. The predicted octanol–water partition coefficient (Wildman–Crippen LogP) is 3.06. The van der Waals surface area contributed by atoms with Gasteiger partial charge in [-0.2, -0.15) is 4.98 Å². The fourth-order valence-electron chi connectivity index (χ4n) is 3.78. The Hall–Kier alpha value is -2.48. The smallest absolute Gasteiger partial charge is 0.260 e. The van der Waals surface area contributed by atoms with Gasteiger partial charge in [0.15, 0.2) is 12.4 Å². The zero-order valence-corrected chi connectivity index (χ0v) is 16.6. The van der Waals surface area contributed by atoms with Crippen LogP contribution in [0.5, 0.6) is 5.75 Å². The van der Waals surface area contributed by atoms with Gasteiger partial charge < -0.3 is 18.9 Å². The van der Waals surface area contributed by atoms with E-state index in [2.05, 4.69) is 10.1 Å². The lowest BCUT2D eigenvalue weighted by Gasteiger charge is -2.39. The molecule has 7 nitrogen and oxygen atoms in total. The summed E-state index contributed by atoms with van der Waals surface area (Å²) in [5, 5.41) is 4.28. The predicted molar refractivity (Wildman–Crippen MR) is 102 cm³/mol. The molecule has 4 rings (SSSR count). The van der Waals surface area contributed by atoms with E-state index < -0.39 is 0 Å². The number of aromatic nitrogens is 2. The average molecular weight is 403 g/mol. The van der Waals surface area contributed by atoms with E-state index in [1.165, 1.54) is 24.3 Å². The second-order valence-electron chi connectivity index (χ2n) is 7.88. The molecule has 2 aromatic rings. The third-order valence-corrected chi connectivity index (χ3v) is 5.88. The normalized spacial score (nSPS) is 18.6. The first kappa shape index (κ1) is 19.8. The second-order valence-corrected chi connectivity index (χ2v) is 7.88. The largest absolute Gasteiger partial charge is 0.484 e. The van der Waals surface area contributed by atoms with E-state index in [1.807, 2.05) is 0 Å². The summed E-state index contributed by atoms with van der Waals surface area (Å²) < 4.78 is 29.3. The third kappa shape index (κ3) is 4.58. The number of benzene rings is 1. The second kappa shape index (κ2) is 8.49. The first-order chi connectivity index (χ1) is 14.1. The van der Waals surface area contributed by atoms with Crippen molar-refractivity contribution in [2.24, 2.45) is 0 Å². The topological polar surface area (TPSA) is 77.7 Å². The maximum absolute atomic E-state index is 13.0. The molecule has 1 amide bonds. The highest BCUT2D eigenvalue weighted by Crippen LogP contribution is 2.42. The zero-order chi connectivity index (χ0) is 20.3. The van der Waals surface area contributed by atoms with E-state index in [1.54, 1.807) is 12.0 Å². The SMILES string of the molecule is COCCC1(c2noc(C3CC3)n2)CCN(C(=O)COc2ccc(F)cc2)CC1. The molecule has 2 aliphatic rings. The first-order valence-corrected chi connectivity index (χ1v) is 10.1. The summed E-state index contributed by atoms with van der Waals surface area (Å²) in [7, 11) is 1.69. The van der Waals surface area contributed by atoms with Crippen LogP contribution in [0.4, 0.5) is 4.39 Å². The van der Waals surface area contributed by atoms with E-state index in [0.717, 1.165) is 43.8 Å². The van der Waals surface area contributed by atoms with Crippen LogP contribution in [0.15, 0.2) is 28.8 Å². The molecule has 1 aliphatic heterocycles. The van der Waals surface area contributed by atoms with Gasteiger partial charge in [0.05, 0.1) is 0 Å². The summed E-state index contributed by atoms with van der Waals surface area (Å²) in [6.45, 7) is 1.74. The van der Waals surface area contributed by atoms with Gasteiger partial charge in [-0.15, -0.1) is 0 Å². The number of likely N-dealkylation sites (tertiary alicyclic amines) is 1. The van der Waals surface area contributed by atoms with Crippen molar-refractivity contribution in [2.75, 3.05) is 33.4 Å². The standard InChI is InChI=1S/C21H26FN3O4/c1-27-13-10-21(20-23-19(29-24-20)15-2-3-15)8-11-25(12-9-21)18(26)14-28-17-6-4-16(22)5-7-17/h4-7,15H,2-3,8-14H2,1H3. The molecule has 0 N–H and O–H groups in total. The van der Waals surface area contributed by atoms with Gasteiger partial charge >= 0.3 is 0 Å². The van der Waals surface area contributed by atoms with Crippen molar-refractivity contribution in [3.8, 4) is 5.75 Å². The van der Waals surface area contributed by atoms with Gasteiger partial charge in [0.2, 0.25) is 5.89 Å².